The number of aliphatic carboxylic acids is 1. The number of carboxylic acids is 1. The fourth-order valence-electron chi connectivity index (χ4n) is 1.54. The largest absolute Gasteiger partial charge is 0.480 e. The van der Waals surface area contributed by atoms with E-state index in [2.05, 4.69) is 0 Å². The van der Waals surface area contributed by atoms with Crippen LogP contribution in [0.3, 0.4) is 0 Å². The maximum atomic E-state index is 12.5. The molecule has 1 unspecified atom stereocenters. The van der Waals surface area contributed by atoms with E-state index in [1.165, 1.54) is 6.92 Å². The minimum atomic E-state index is -4.68. The Morgan fingerprint density at radius 3 is 2.37 bits per heavy atom. The number of benzene rings is 1. The van der Waals surface area contributed by atoms with Crippen LogP contribution in [-0.2, 0) is 20.8 Å². The molecule has 0 aliphatic rings. The second kappa shape index (κ2) is 5.20. The molecule has 106 valence electrons. The Balaban J connectivity index is 3.34. The first-order valence-corrected chi connectivity index (χ1v) is 6.79. The quantitative estimate of drug-likeness (QED) is 0.925. The predicted molar refractivity (Wildman–Crippen MR) is 60.3 cm³/mol. The van der Waals surface area contributed by atoms with Gasteiger partial charge in [0, 0.05) is 0 Å². The minimum Gasteiger partial charge on any atom is -0.480 e. The number of halogens is 3. The van der Waals surface area contributed by atoms with Crippen LogP contribution in [0, 0.1) is 0 Å². The first-order chi connectivity index (χ1) is 8.60. The highest BCUT2D eigenvalue weighted by atomic mass is 32.2. The maximum absolute atomic E-state index is 12.5. The zero-order valence-electron chi connectivity index (χ0n) is 9.81. The summed E-state index contributed by atoms with van der Waals surface area (Å²) in [5, 5.41) is 7.04. The Morgan fingerprint density at radius 2 is 1.95 bits per heavy atom. The molecule has 8 heteroatoms. The minimum absolute atomic E-state index is 0.228. The van der Waals surface area contributed by atoms with Crippen molar-refractivity contribution in [2.45, 2.75) is 29.7 Å². The van der Waals surface area contributed by atoms with Crippen molar-refractivity contribution in [1.82, 2.24) is 0 Å². The van der Waals surface area contributed by atoms with E-state index in [4.69, 9.17) is 5.11 Å². The van der Waals surface area contributed by atoms with Crippen molar-refractivity contribution in [3.8, 4) is 0 Å². The third-order valence-electron chi connectivity index (χ3n) is 2.51. The molecule has 0 bridgehead atoms. The fraction of sp³-hybridized carbons (Fsp3) is 0.364. The third kappa shape index (κ3) is 3.25. The number of alkyl halides is 3. The van der Waals surface area contributed by atoms with E-state index in [0.29, 0.717) is 6.07 Å². The first kappa shape index (κ1) is 15.5. The van der Waals surface area contributed by atoms with E-state index in [1.54, 1.807) is 0 Å². The summed E-state index contributed by atoms with van der Waals surface area (Å²) in [6.07, 6.45) is -4.91. The number of hydrogen-bond donors (Lipinski definition) is 1. The van der Waals surface area contributed by atoms with Gasteiger partial charge in [-0.3, -0.25) is 4.79 Å². The van der Waals surface area contributed by atoms with Gasteiger partial charge in [-0.25, -0.2) is 8.42 Å². The van der Waals surface area contributed by atoms with Crippen molar-refractivity contribution >= 4 is 15.8 Å². The van der Waals surface area contributed by atoms with Crippen LogP contribution >= 0.6 is 0 Å². The molecule has 0 amide bonds. The lowest BCUT2D eigenvalue weighted by Crippen LogP contribution is -2.29. The van der Waals surface area contributed by atoms with Crippen molar-refractivity contribution in [2.75, 3.05) is 0 Å². The molecule has 0 radical (unpaired) electrons. The molecule has 4 nitrogen and oxygen atoms in total. The lowest BCUT2D eigenvalue weighted by Gasteiger charge is -2.13. The van der Waals surface area contributed by atoms with Gasteiger partial charge in [-0.05, 0) is 24.6 Å². The summed E-state index contributed by atoms with van der Waals surface area (Å²) < 4.78 is 61.3. The predicted octanol–water partition coefficient (Wildman–Crippen LogP) is 2.34. The molecule has 0 fully saturated rings. The van der Waals surface area contributed by atoms with Crippen LogP contribution in [0.15, 0.2) is 29.2 Å². The second-order valence-electron chi connectivity index (χ2n) is 3.81. The number of carboxylic acid groups (broad SMARTS) is 1. The Morgan fingerprint density at radius 1 is 1.37 bits per heavy atom. The summed E-state index contributed by atoms with van der Waals surface area (Å²) in [6.45, 7) is 1.34. The van der Waals surface area contributed by atoms with Gasteiger partial charge in [0.15, 0.2) is 15.1 Å². The normalized spacial score (nSPS) is 14.1. The molecule has 0 saturated heterocycles. The van der Waals surface area contributed by atoms with Crippen molar-refractivity contribution in [3.05, 3.63) is 29.8 Å². The number of sulfone groups is 1. The molecule has 1 aromatic carbocycles. The van der Waals surface area contributed by atoms with Gasteiger partial charge in [-0.2, -0.15) is 13.2 Å². The topological polar surface area (TPSA) is 71.4 Å². The standard InChI is InChI=1S/C11H11F3O4S/c1-2-9(10(15)16)19(17,18)8-5-3-4-7(6-8)11(12,13)14/h3-6,9H,2H2,1H3,(H,15,16). The summed E-state index contributed by atoms with van der Waals surface area (Å²) >= 11 is 0. The van der Waals surface area contributed by atoms with Crippen LogP contribution in [0.25, 0.3) is 0 Å². The van der Waals surface area contributed by atoms with Gasteiger partial charge in [-0.15, -0.1) is 0 Å². The summed E-state index contributed by atoms with van der Waals surface area (Å²) in [5.74, 6) is -1.58. The Bertz CT molecular complexity index is 578. The molecular formula is C11H11F3O4S. The summed E-state index contributed by atoms with van der Waals surface area (Å²) in [7, 11) is -4.33. The second-order valence-corrected chi connectivity index (χ2v) is 5.94. The van der Waals surface area contributed by atoms with Crippen LogP contribution in [-0.4, -0.2) is 24.7 Å². The van der Waals surface area contributed by atoms with Crippen LogP contribution in [0.4, 0.5) is 13.2 Å². The Labute approximate surface area is 107 Å². The van der Waals surface area contributed by atoms with E-state index in [1.807, 2.05) is 0 Å². The molecule has 0 spiro atoms. The molecule has 1 aromatic rings. The molecular weight excluding hydrogens is 285 g/mol. The van der Waals surface area contributed by atoms with Gasteiger partial charge in [-0.1, -0.05) is 13.0 Å². The third-order valence-corrected chi connectivity index (χ3v) is 4.71. The highest BCUT2D eigenvalue weighted by molar-refractivity contribution is 7.92. The molecule has 0 aliphatic heterocycles. The molecule has 1 rings (SSSR count). The monoisotopic (exact) mass is 296 g/mol. The van der Waals surface area contributed by atoms with E-state index >= 15 is 0 Å². The van der Waals surface area contributed by atoms with E-state index < -0.39 is 37.7 Å². The van der Waals surface area contributed by atoms with Gasteiger partial charge < -0.3 is 5.11 Å². The fourth-order valence-corrected chi connectivity index (χ4v) is 3.13. The zero-order chi connectivity index (χ0) is 14.8. The van der Waals surface area contributed by atoms with Gasteiger partial charge >= 0.3 is 12.1 Å². The van der Waals surface area contributed by atoms with Gasteiger partial charge in [0.25, 0.3) is 0 Å². The highest BCUT2D eigenvalue weighted by Gasteiger charge is 2.35. The lowest BCUT2D eigenvalue weighted by atomic mass is 10.2. The van der Waals surface area contributed by atoms with Crippen molar-refractivity contribution in [3.63, 3.8) is 0 Å². The molecule has 1 N–H and O–H groups in total. The average molecular weight is 296 g/mol. The van der Waals surface area contributed by atoms with Crippen LogP contribution in [0.5, 0.6) is 0 Å². The first-order valence-electron chi connectivity index (χ1n) is 5.24. The van der Waals surface area contributed by atoms with Crippen LogP contribution in [0.2, 0.25) is 0 Å². The van der Waals surface area contributed by atoms with E-state index in [0.717, 1.165) is 18.2 Å². The van der Waals surface area contributed by atoms with E-state index in [9.17, 15) is 26.4 Å². The zero-order valence-corrected chi connectivity index (χ0v) is 10.6. The van der Waals surface area contributed by atoms with E-state index in [-0.39, 0.29) is 6.42 Å². The van der Waals surface area contributed by atoms with Gasteiger partial charge in [0.1, 0.15) is 0 Å². The Hall–Kier alpha value is -1.57. The smallest absolute Gasteiger partial charge is 0.416 e. The Kier molecular flexibility index (Phi) is 4.24. The van der Waals surface area contributed by atoms with Crippen molar-refractivity contribution < 1.29 is 31.5 Å². The molecule has 0 aliphatic carbocycles. The average Bonchev–Trinajstić information content (AvgIpc) is 2.28. The molecule has 19 heavy (non-hydrogen) atoms. The molecule has 1 atom stereocenters. The van der Waals surface area contributed by atoms with Crippen LogP contribution in [0.1, 0.15) is 18.9 Å². The number of carbonyl (C=O) groups is 1. The highest BCUT2D eigenvalue weighted by Crippen LogP contribution is 2.31. The lowest BCUT2D eigenvalue weighted by molar-refractivity contribution is -0.138. The van der Waals surface area contributed by atoms with Gasteiger partial charge in [0.2, 0.25) is 0 Å². The van der Waals surface area contributed by atoms with Crippen molar-refractivity contribution in [2.24, 2.45) is 0 Å². The summed E-state index contributed by atoms with van der Waals surface area (Å²) in [4.78, 5) is 10.2. The summed E-state index contributed by atoms with van der Waals surface area (Å²) in [6, 6.07) is 3.06. The number of rotatable bonds is 4. The molecule has 0 heterocycles. The van der Waals surface area contributed by atoms with Crippen LogP contribution < -0.4 is 0 Å². The van der Waals surface area contributed by atoms with Gasteiger partial charge in [0.05, 0.1) is 10.5 Å². The SMILES string of the molecule is CCC(C(=O)O)S(=O)(=O)c1cccc(C(F)(F)F)c1. The van der Waals surface area contributed by atoms with Crippen molar-refractivity contribution in [1.29, 1.82) is 0 Å². The molecule has 0 saturated carbocycles. The molecule has 0 aromatic heterocycles. The summed E-state index contributed by atoms with van der Waals surface area (Å²) in [5.41, 5.74) is -1.13. The maximum Gasteiger partial charge on any atom is 0.416 e. The number of hydrogen-bond acceptors (Lipinski definition) is 3.